The van der Waals surface area contributed by atoms with Gasteiger partial charge in [-0.1, -0.05) is 17.7 Å². The van der Waals surface area contributed by atoms with Gasteiger partial charge in [-0.3, -0.25) is 4.79 Å². The Kier molecular flexibility index (Phi) is 6.11. The van der Waals surface area contributed by atoms with E-state index in [4.69, 9.17) is 26.3 Å². The second-order valence-electron chi connectivity index (χ2n) is 7.72. The Bertz CT molecular complexity index is 1080. The summed E-state index contributed by atoms with van der Waals surface area (Å²) in [7, 11) is 1.60. The first kappa shape index (κ1) is 20.9. The third-order valence-corrected chi connectivity index (χ3v) is 6.89. The molecule has 1 fully saturated rings. The number of halogens is 1. The summed E-state index contributed by atoms with van der Waals surface area (Å²) in [6, 6.07) is 7.83. The van der Waals surface area contributed by atoms with Gasteiger partial charge in [-0.15, -0.1) is 11.3 Å². The van der Waals surface area contributed by atoms with Gasteiger partial charge in [0.2, 0.25) is 0 Å². The number of fused-ring (bicyclic) bond motifs is 1. The van der Waals surface area contributed by atoms with Gasteiger partial charge >= 0.3 is 5.97 Å². The van der Waals surface area contributed by atoms with Gasteiger partial charge < -0.3 is 15.2 Å². The number of thiophene rings is 1. The smallest absolute Gasteiger partial charge is 0.306 e. The van der Waals surface area contributed by atoms with Gasteiger partial charge in [0.1, 0.15) is 22.2 Å². The molecule has 2 aromatic heterocycles. The number of aryl methyl sites for hydroxylation is 1. The van der Waals surface area contributed by atoms with Crippen molar-refractivity contribution < 1.29 is 14.6 Å². The van der Waals surface area contributed by atoms with E-state index in [2.05, 4.69) is 18.3 Å². The first-order valence-corrected chi connectivity index (χ1v) is 11.2. The Labute approximate surface area is 184 Å². The number of carbonyl (C=O) groups is 1. The van der Waals surface area contributed by atoms with E-state index in [1.807, 2.05) is 18.2 Å². The van der Waals surface area contributed by atoms with Crippen molar-refractivity contribution in [3.05, 3.63) is 45.6 Å². The number of anilines is 1. The zero-order valence-electron chi connectivity index (χ0n) is 16.9. The zero-order valence-corrected chi connectivity index (χ0v) is 18.5. The van der Waals surface area contributed by atoms with Gasteiger partial charge in [0.15, 0.2) is 0 Å². The average Bonchev–Trinajstić information content (AvgIpc) is 3.12. The van der Waals surface area contributed by atoms with Crippen LogP contribution in [0.4, 0.5) is 5.82 Å². The molecule has 4 rings (SSSR count). The highest BCUT2D eigenvalue weighted by Gasteiger charge is 2.29. The lowest BCUT2D eigenvalue weighted by atomic mass is 9.81. The summed E-state index contributed by atoms with van der Waals surface area (Å²) in [6.07, 6.45) is 2.97. The maximum Gasteiger partial charge on any atom is 0.306 e. The molecule has 0 spiro atoms. The Hall–Kier alpha value is -2.38. The fraction of sp³-hybridized carbons (Fsp3) is 0.409. The van der Waals surface area contributed by atoms with Crippen LogP contribution in [-0.2, 0) is 11.3 Å². The molecule has 3 aromatic rings. The lowest BCUT2D eigenvalue weighted by Crippen LogP contribution is -2.21. The number of hydrogen-bond acceptors (Lipinski definition) is 6. The number of methoxy groups -OCH3 is 1. The van der Waals surface area contributed by atoms with E-state index in [0.29, 0.717) is 30.2 Å². The predicted molar refractivity (Wildman–Crippen MR) is 120 cm³/mol. The highest BCUT2D eigenvalue weighted by Crippen LogP contribution is 2.37. The van der Waals surface area contributed by atoms with Crippen molar-refractivity contribution in [3.63, 3.8) is 0 Å². The molecule has 1 aromatic carbocycles. The molecule has 0 radical (unpaired) electrons. The van der Waals surface area contributed by atoms with Crippen LogP contribution >= 0.6 is 22.9 Å². The molecule has 158 valence electrons. The molecule has 1 aliphatic carbocycles. The molecule has 8 heteroatoms. The molecule has 2 heterocycles. The monoisotopic (exact) mass is 445 g/mol. The van der Waals surface area contributed by atoms with Crippen LogP contribution in [0.3, 0.4) is 0 Å². The molecule has 0 unspecified atom stereocenters. The van der Waals surface area contributed by atoms with Gasteiger partial charge in [-0.25, -0.2) is 9.97 Å². The van der Waals surface area contributed by atoms with Crippen molar-refractivity contribution in [3.8, 4) is 5.75 Å². The highest BCUT2D eigenvalue weighted by atomic mass is 35.5. The molecule has 2 N–H and O–H groups in total. The number of aliphatic carboxylic acids is 1. The molecular weight excluding hydrogens is 422 g/mol. The Morgan fingerprint density at radius 3 is 2.70 bits per heavy atom. The van der Waals surface area contributed by atoms with Crippen molar-refractivity contribution in [2.75, 3.05) is 12.4 Å². The lowest BCUT2D eigenvalue weighted by Gasteiger charge is -2.25. The normalized spacial score (nSPS) is 19.0. The molecule has 0 atom stereocenters. The number of aromatic nitrogens is 2. The van der Waals surface area contributed by atoms with Crippen LogP contribution in [-0.4, -0.2) is 28.2 Å². The average molecular weight is 446 g/mol. The van der Waals surface area contributed by atoms with Gasteiger partial charge in [0, 0.05) is 17.3 Å². The SMILES string of the molecule is COc1ccc(CNc2nc(C3CCC(C(=O)O)CC3)nc3sc(C)cc23)cc1Cl. The fourth-order valence-corrected chi connectivity index (χ4v) is 5.15. The maximum atomic E-state index is 11.3. The number of nitrogens with zero attached hydrogens (tertiary/aromatic N) is 2. The standard InChI is InChI=1S/C22H24ClN3O3S/c1-12-9-16-20(24-11-13-3-8-18(29-2)17(23)10-13)25-19(26-21(16)30-12)14-4-6-15(7-5-14)22(27)28/h3,8-10,14-15H,4-7,11H2,1-2H3,(H,27,28)(H,24,25,26). The number of hydrogen-bond donors (Lipinski definition) is 2. The van der Waals surface area contributed by atoms with Crippen LogP contribution in [0.25, 0.3) is 10.2 Å². The topological polar surface area (TPSA) is 84.3 Å². The minimum Gasteiger partial charge on any atom is -0.495 e. The van der Waals surface area contributed by atoms with E-state index in [9.17, 15) is 9.90 Å². The lowest BCUT2D eigenvalue weighted by molar-refractivity contribution is -0.142. The number of nitrogens with one attached hydrogen (secondary N) is 1. The number of ether oxygens (including phenoxy) is 1. The third-order valence-electron chi connectivity index (χ3n) is 5.65. The Morgan fingerprint density at radius 2 is 2.03 bits per heavy atom. The second-order valence-corrected chi connectivity index (χ2v) is 9.36. The van der Waals surface area contributed by atoms with E-state index in [1.54, 1.807) is 18.4 Å². The first-order chi connectivity index (χ1) is 14.4. The zero-order chi connectivity index (χ0) is 21.3. The molecule has 0 aliphatic heterocycles. The van der Waals surface area contributed by atoms with E-state index in [0.717, 1.165) is 40.3 Å². The fourth-order valence-electron chi connectivity index (χ4n) is 3.98. The largest absolute Gasteiger partial charge is 0.495 e. The van der Waals surface area contributed by atoms with Gasteiger partial charge in [-0.2, -0.15) is 0 Å². The van der Waals surface area contributed by atoms with E-state index < -0.39 is 5.97 Å². The van der Waals surface area contributed by atoms with Crippen LogP contribution in [0.2, 0.25) is 5.02 Å². The third kappa shape index (κ3) is 4.37. The molecule has 30 heavy (non-hydrogen) atoms. The molecule has 1 saturated carbocycles. The minimum absolute atomic E-state index is 0.198. The summed E-state index contributed by atoms with van der Waals surface area (Å²) in [5.41, 5.74) is 1.03. The van der Waals surface area contributed by atoms with Crippen LogP contribution in [0, 0.1) is 12.8 Å². The first-order valence-electron chi connectivity index (χ1n) is 10.0. The van der Waals surface area contributed by atoms with E-state index >= 15 is 0 Å². The summed E-state index contributed by atoms with van der Waals surface area (Å²) in [4.78, 5) is 23.1. The number of carboxylic acid groups (broad SMARTS) is 1. The van der Waals surface area contributed by atoms with Crippen molar-refractivity contribution in [2.45, 2.75) is 45.1 Å². The molecule has 1 aliphatic rings. The van der Waals surface area contributed by atoms with Crippen molar-refractivity contribution in [1.82, 2.24) is 9.97 Å². The summed E-state index contributed by atoms with van der Waals surface area (Å²) >= 11 is 7.91. The highest BCUT2D eigenvalue weighted by molar-refractivity contribution is 7.18. The quantitative estimate of drug-likeness (QED) is 0.511. The summed E-state index contributed by atoms with van der Waals surface area (Å²) < 4.78 is 5.22. The molecule has 0 bridgehead atoms. The summed E-state index contributed by atoms with van der Waals surface area (Å²) in [5.74, 6) is 1.53. The van der Waals surface area contributed by atoms with Gasteiger partial charge in [-0.05, 0) is 56.4 Å². The molecule has 0 saturated heterocycles. The summed E-state index contributed by atoms with van der Waals surface area (Å²) in [6.45, 7) is 2.65. The van der Waals surface area contributed by atoms with E-state index in [1.165, 1.54) is 4.88 Å². The van der Waals surface area contributed by atoms with Crippen molar-refractivity contribution >= 4 is 44.9 Å². The van der Waals surface area contributed by atoms with Crippen molar-refractivity contribution in [2.24, 2.45) is 5.92 Å². The predicted octanol–water partition coefficient (Wildman–Crippen LogP) is 5.63. The van der Waals surface area contributed by atoms with Crippen LogP contribution in [0.1, 0.15) is 47.9 Å². The minimum atomic E-state index is -0.695. The number of benzene rings is 1. The Morgan fingerprint density at radius 1 is 1.27 bits per heavy atom. The molecular formula is C22H24ClN3O3S. The second kappa shape index (κ2) is 8.78. The van der Waals surface area contributed by atoms with Gasteiger partial charge in [0.25, 0.3) is 0 Å². The molecule has 6 nitrogen and oxygen atoms in total. The Balaban J connectivity index is 1.57. The number of carboxylic acids is 1. The molecule has 0 amide bonds. The van der Waals surface area contributed by atoms with Crippen molar-refractivity contribution in [1.29, 1.82) is 0 Å². The van der Waals surface area contributed by atoms with Crippen LogP contribution < -0.4 is 10.1 Å². The number of rotatable bonds is 6. The van der Waals surface area contributed by atoms with Crippen LogP contribution in [0.5, 0.6) is 5.75 Å². The van der Waals surface area contributed by atoms with Crippen LogP contribution in [0.15, 0.2) is 24.3 Å². The van der Waals surface area contributed by atoms with Gasteiger partial charge in [0.05, 0.1) is 23.4 Å². The summed E-state index contributed by atoms with van der Waals surface area (Å²) in [5, 5.41) is 14.3. The maximum absolute atomic E-state index is 11.3. The van der Waals surface area contributed by atoms with E-state index in [-0.39, 0.29) is 11.8 Å².